The number of hydrogen-bond donors (Lipinski definition) is 1. The number of hydrogen-bond acceptors (Lipinski definition) is 7. The Hall–Kier alpha value is -2.92. The highest BCUT2D eigenvalue weighted by molar-refractivity contribution is 5.81. The number of nitrogens with zero attached hydrogens (tertiary/aromatic N) is 5. The third kappa shape index (κ3) is 5.16. The summed E-state index contributed by atoms with van der Waals surface area (Å²) >= 11 is 0. The zero-order valence-corrected chi connectivity index (χ0v) is 16.5. The average molecular weight is 428 g/mol. The van der Waals surface area contributed by atoms with Crippen LogP contribution in [0.15, 0.2) is 12.1 Å². The number of carbonyl (C=O) groups excluding carboxylic acids is 2. The SMILES string of the molecule is CCCCNC(=O)COC(=O)C1CCN(c2ccc3nnc(C(F)(F)F)n3n2)CC1. The zero-order chi connectivity index (χ0) is 21.7. The summed E-state index contributed by atoms with van der Waals surface area (Å²) in [5, 5.41) is 13.3. The van der Waals surface area contributed by atoms with Gasteiger partial charge in [-0.15, -0.1) is 15.3 Å². The van der Waals surface area contributed by atoms with Gasteiger partial charge in [0.15, 0.2) is 12.3 Å². The molecule has 1 aliphatic rings. The van der Waals surface area contributed by atoms with Crippen LogP contribution in [0.3, 0.4) is 0 Å². The Kier molecular flexibility index (Phi) is 6.73. The van der Waals surface area contributed by atoms with Gasteiger partial charge in [0.1, 0.15) is 5.82 Å². The Balaban J connectivity index is 1.54. The molecule has 0 aliphatic carbocycles. The Morgan fingerprint density at radius 3 is 2.63 bits per heavy atom. The molecule has 2 aromatic heterocycles. The highest BCUT2D eigenvalue weighted by Crippen LogP contribution is 2.28. The van der Waals surface area contributed by atoms with Crippen LogP contribution in [0.1, 0.15) is 38.4 Å². The summed E-state index contributed by atoms with van der Waals surface area (Å²) in [7, 11) is 0. The summed E-state index contributed by atoms with van der Waals surface area (Å²) in [5.74, 6) is -1.98. The van der Waals surface area contributed by atoms with Gasteiger partial charge in [-0.3, -0.25) is 9.59 Å². The normalized spacial score (nSPS) is 15.4. The fourth-order valence-corrected chi connectivity index (χ4v) is 3.18. The van der Waals surface area contributed by atoms with E-state index >= 15 is 0 Å². The minimum Gasteiger partial charge on any atom is -0.455 e. The predicted octanol–water partition coefficient (Wildman–Crippen LogP) is 1.82. The van der Waals surface area contributed by atoms with Crippen molar-refractivity contribution in [1.29, 1.82) is 0 Å². The molecule has 3 heterocycles. The number of esters is 1. The van der Waals surface area contributed by atoms with Crippen LogP contribution in [0.4, 0.5) is 19.0 Å². The monoisotopic (exact) mass is 428 g/mol. The molecule has 3 rings (SSSR count). The topological polar surface area (TPSA) is 102 Å². The molecule has 0 saturated carbocycles. The summed E-state index contributed by atoms with van der Waals surface area (Å²) in [6.07, 6.45) is -1.95. The summed E-state index contributed by atoms with van der Waals surface area (Å²) < 4.78 is 44.8. The van der Waals surface area contributed by atoms with Gasteiger partial charge in [0, 0.05) is 19.6 Å². The van der Waals surface area contributed by atoms with Crippen molar-refractivity contribution in [3.05, 3.63) is 18.0 Å². The van der Waals surface area contributed by atoms with Crippen molar-refractivity contribution in [3.8, 4) is 0 Å². The van der Waals surface area contributed by atoms with E-state index in [-0.39, 0.29) is 24.1 Å². The lowest BCUT2D eigenvalue weighted by atomic mass is 9.97. The lowest BCUT2D eigenvalue weighted by Gasteiger charge is -2.31. The lowest BCUT2D eigenvalue weighted by molar-refractivity contribution is -0.153. The first-order chi connectivity index (χ1) is 14.3. The van der Waals surface area contributed by atoms with Crippen LogP contribution >= 0.6 is 0 Å². The number of nitrogens with one attached hydrogen (secondary N) is 1. The number of halogens is 3. The number of piperidine rings is 1. The number of unbranched alkanes of at least 4 members (excludes halogenated alkanes) is 1. The number of carbonyl (C=O) groups is 2. The number of fused-ring (bicyclic) bond motifs is 1. The van der Waals surface area contributed by atoms with E-state index in [1.807, 2.05) is 6.92 Å². The van der Waals surface area contributed by atoms with Gasteiger partial charge in [0.2, 0.25) is 0 Å². The molecular formula is C18H23F3N6O3. The van der Waals surface area contributed by atoms with Gasteiger partial charge in [-0.05, 0) is 31.4 Å². The first-order valence-corrected chi connectivity index (χ1v) is 9.77. The second-order valence-corrected chi connectivity index (χ2v) is 7.06. The third-order valence-corrected chi connectivity index (χ3v) is 4.85. The van der Waals surface area contributed by atoms with E-state index in [9.17, 15) is 22.8 Å². The van der Waals surface area contributed by atoms with E-state index in [1.54, 1.807) is 11.0 Å². The van der Waals surface area contributed by atoms with Crippen molar-refractivity contribution in [2.75, 3.05) is 31.1 Å². The van der Waals surface area contributed by atoms with Gasteiger partial charge in [-0.1, -0.05) is 13.3 Å². The van der Waals surface area contributed by atoms with Crippen molar-refractivity contribution >= 4 is 23.3 Å². The Morgan fingerprint density at radius 1 is 1.23 bits per heavy atom. The number of aromatic nitrogens is 4. The highest BCUT2D eigenvalue weighted by atomic mass is 19.4. The standard InChI is InChI=1S/C18H23F3N6O3/c1-2-3-8-22-15(28)11-30-16(29)12-6-9-26(10-7-12)14-5-4-13-23-24-17(18(19,20)21)27(13)25-14/h4-5,12H,2-3,6-11H2,1H3,(H,22,28). The van der Waals surface area contributed by atoms with E-state index < -0.39 is 18.0 Å². The molecule has 0 atom stereocenters. The molecular weight excluding hydrogens is 405 g/mol. The van der Waals surface area contributed by atoms with Crippen molar-refractivity contribution in [2.45, 2.75) is 38.8 Å². The van der Waals surface area contributed by atoms with Gasteiger partial charge in [0.05, 0.1) is 5.92 Å². The quantitative estimate of drug-likeness (QED) is 0.530. The second kappa shape index (κ2) is 9.26. The van der Waals surface area contributed by atoms with E-state index in [2.05, 4.69) is 20.6 Å². The molecule has 2 aromatic rings. The maximum atomic E-state index is 13.0. The van der Waals surface area contributed by atoms with Crippen LogP contribution < -0.4 is 10.2 Å². The van der Waals surface area contributed by atoms with E-state index in [4.69, 9.17) is 4.74 Å². The average Bonchev–Trinajstić information content (AvgIpc) is 3.16. The Labute approximate surface area is 170 Å². The van der Waals surface area contributed by atoms with E-state index in [0.29, 0.717) is 42.8 Å². The molecule has 0 spiro atoms. The molecule has 1 amide bonds. The van der Waals surface area contributed by atoms with Crippen LogP contribution in [0.2, 0.25) is 0 Å². The Morgan fingerprint density at radius 2 is 1.97 bits per heavy atom. The lowest BCUT2D eigenvalue weighted by Crippen LogP contribution is -2.38. The number of rotatable bonds is 7. The fraction of sp³-hybridized carbons (Fsp3) is 0.611. The molecule has 0 aromatic carbocycles. The molecule has 164 valence electrons. The molecule has 1 saturated heterocycles. The highest BCUT2D eigenvalue weighted by Gasteiger charge is 2.38. The van der Waals surface area contributed by atoms with Crippen molar-refractivity contribution < 1.29 is 27.5 Å². The molecule has 1 fully saturated rings. The molecule has 0 radical (unpaired) electrons. The zero-order valence-electron chi connectivity index (χ0n) is 16.5. The minimum atomic E-state index is -4.66. The minimum absolute atomic E-state index is 0.00162. The largest absolute Gasteiger partial charge is 0.455 e. The molecule has 30 heavy (non-hydrogen) atoms. The molecule has 9 nitrogen and oxygen atoms in total. The third-order valence-electron chi connectivity index (χ3n) is 4.85. The number of anilines is 1. The maximum absolute atomic E-state index is 13.0. The smallest absolute Gasteiger partial charge is 0.453 e. The number of amides is 1. The molecule has 0 bridgehead atoms. The summed E-state index contributed by atoms with van der Waals surface area (Å²) in [6.45, 7) is 3.09. The predicted molar refractivity (Wildman–Crippen MR) is 99.6 cm³/mol. The van der Waals surface area contributed by atoms with Gasteiger partial charge >= 0.3 is 12.1 Å². The summed E-state index contributed by atoms with van der Waals surface area (Å²) in [6, 6.07) is 2.99. The van der Waals surface area contributed by atoms with Gasteiger partial charge in [-0.2, -0.15) is 17.7 Å². The molecule has 12 heteroatoms. The van der Waals surface area contributed by atoms with E-state index in [1.165, 1.54) is 6.07 Å². The van der Waals surface area contributed by atoms with Gasteiger partial charge < -0.3 is 15.0 Å². The molecule has 0 unspecified atom stereocenters. The van der Waals surface area contributed by atoms with Crippen LogP contribution in [-0.2, 0) is 20.5 Å². The van der Waals surface area contributed by atoms with Crippen molar-refractivity contribution in [1.82, 2.24) is 25.1 Å². The summed E-state index contributed by atoms with van der Waals surface area (Å²) in [4.78, 5) is 25.6. The van der Waals surface area contributed by atoms with Crippen LogP contribution in [0.5, 0.6) is 0 Å². The first kappa shape index (κ1) is 21.8. The molecule has 1 aliphatic heterocycles. The maximum Gasteiger partial charge on any atom is 0.453 e. The number of ether oxygens (including phenoxy) is 1. The summed E-state index contributed by atoms with van der Waals surface area (Å²) in [5.41, 5.74) is 0.00162. The molecule has 1 N–H and O–H groups in total. The van der Waals surface area contributed by atoms with Gasteiger partial charge in [-0.25, -0.2) is 0 Å². The number of alkyl halides is 3. The fourth-order valence-electron chi connectivity index (χ4n) is 3.18. The van der Waals surface area contributed by atoms with Crippen LogP contribution in [-0.4, -0.2) is 57.9 Å². The Bertz CT molecular complexity index is 893. The van der Waals surface area contributed by atoms with Crippen molar-refractivity contribution in [3.63, 3.8) is 0 Å². The van der Waals surface area contributed by atoms with Crippen molar-refractivity contribution in [2.24, 2.45) is 5.92 Å². The first-order valence-electron chi connectivity index (χ1n) is 9.77. The van der Waals surface area contributed by atoms with E-state index in [0.717, 1.165) is 12.8 Å². The van der Waals surface area contributed by atoms with Gasteiger partial charge in [0.25, 0.3) is 11.7 Å². The van der Waals surface area contributed by atoms with Crippen LogP contribution in [0.25, 0.3) is 5.65 Å². The van der Waals surface area contributed by atoms with Crippen LogP contribution in [0, 0.1) is 5.92 Å². The second-order valence-electron chi connectivity index (χ2n) is 7.06.